The smallest absolute Gasteiger partial charge is 0.410 e. The maximum absolute atomic E-state index is 12.1. The van der Waals surface area contributed by atoms with Crippen molar-refractivity contribution in [1.29, 1.82) is 0 Å². The quantitative estimate of drug-likeness (QED) is 0.623. The van der Waals surface area contributed by atoms with Crippen molar-refractivity contribution in [3.63, 3.8) is 0 Å². The number of carboxylic acids is 1. The first kappa shape index (κ1) is 18.7. The number of carbonyl (C=O) groups is 2. The molecule has 0 spiro atoms. The van der Waals surface area contributed by atoms with Crippen LogP contribution >= 0.6 is 0 Å². The van der Waals surface area contributed by atoms with Crippen LogP contribution < -0.4 is 0 Å². The molecular weight excluding hydrogens is 328 g/mol. The number of rotatable bonds is 6. The number of carboxylic acid groups (broad SMARTS) is 1. The molecule has 1 heterocycles. The van der Waals surface area contributed by atoms with Crippen LogP contribution in [0, 0.1) is 22.0 Å². The van der Waals surface area contributed by atoms with Crippen LogP contribution in [-0.4, -0.2) is 40.1 Å². The second kappa shape index (κ2) is 8.46. The lowest BCUT2D eigenvalue weighted by atomic mass is 9.83. The van der Waals surface area contributed by atoms with Crippen molar-refractivity contribution in [2.24, 2.45) is 11.8 Å². The van der Waals surface area contributed by atoms with Crippen LogP contribution in [-0.2, 0) is 16.1 Å². The van der Waals surface area contributed by atoms with E-state index < -0.39 is 17.0 Å². The molecule has 2 rings (SSSR count). The van der Waals surface area contributed by atoms with Crippen molar-refractivity contribution in [2.75, 3.05) is 13.1 Å². The SMILES string of the molecule is CCC(C(=O)O)C1CCN(C(=O)OCc2ccc([N+](=O)[O-])cc2)CC1. The molecule has 8 heteroatoms. The fraction of sp³-hybridized carbons (Fsp3) is 0.529. The van der Waals surface area contributed by atoms with E-state index in [1.165, 1.54) is 12.1 Å². The summed E-state index contributed by atoms with van der Waals surface area (Å²) in [4.78, 5) is 35.0. The van der Waals surface area contributed by atoms with Crippen LogP contribution in [0.2, 0.25) is 0 Å². The Morgan fingerprint density at radius 1 is 1.32 bits per heavy atom. The number of carbonyl (C=O) groups excluding carboxylic acids is 1. The van der Waals surface area contributed by atoms with Crippen LogP contribution in [0.1, 0.15) is 31.7 Å². The molecule has 1 unspecified atom stereocenters. The standard InChI is InChI=1S/C17H22N2O6/c1-2-15(16(20)21)13-7-9-18(10-8-13)17(22)25-11-12-3-5-14(6-4-12)19(23)24/h3-6,13,15H,2,7-11H2,1H3,(H,20,21). The first-order valence-electron chi connectivity index (χ1n) is 8.30. The minimum Gasteiger partial charge on any atom is -0.481 e. The number of ether oxygens (including phenoxy) is 1. The third kappa shape index (κ3) is 4.91. The number of non-ortho nitro benzene ring substituents is 1. The molecule has 0 radical (unpaired) electrons. The Morgan fingerprint density at radius 2 is 1.92 bits per heavy atom. The Morgan fingerprint density at radius 3 is 2.40 bits per heavy atom. The summed E-state index contributed by atoms with van der Waals surface area (Å²) >= 11 is 0. The van der Waals surface area contributed by atoms with E-state index in [0.717, 1.165) is 0 Å². The van der Waals surface area contributed by atoms with Gasteiger partial charge in [0.25, 0.3) is 5.69 Å². The average Bonchev–Trinajstić information content (AvgIpc) is 2.61. The Bertz CT molecular complexity index is 623. The van der Waals surface area contributed by atoms with Gasteiger partial charge in [-0.25, -0.2) is 4.79 Å². The minimum absolute atomic E-state index is 0.0129. The van der Waals surface area contributed by atoms with Gasteiger partial charge in [0, 0.05) is 25.2 Å². The first-order valence-corrected chi connectivity index (χ1v) is 8.30. The summed E-state index contributed by atoms with van der Waals surface area (Å²) in [6.45, 7) is 2.87. The average molecular weight is 350 g/mol. The van der Waals surface area contributed by atoms with E-state index in [4.69, 9.17) is 4.74 Å². The van der Waals surface area contributed by atoms with E-state index in [1.807, 2.05) is 6.92 Å². The summed E-state index contributed by atoms with van der Waals surface area (Å²) in [5.74, 6) is -1.05. The zero-order valence-electron chi connectivity index (χ0n) is 14.1. The molecule has 0 bridgehead atoms. The number of aliphatic carboxylic acids is 1. The van der Waals surface area contributed by atoms with Gasteiger partial charge in [-0.15, -0.1) is 0 Å². The van der Waals surface area contributed by atoms with Gasteiger partial charge in [0.15, 0.2) is 0 Å². The van der Waals surface area contributed by atoms with Crippen LogP contribution in [0.15, 0.2) is 24.3 Å². The number of benzene rings is 1. The molecule has 8 nitrogen and oxygen atoms in total. The monoisotopic (exact) mass is 350 g/mol. The molecule has 1 atom stereocenters. The molecular formula is C17H22N2O6. The molecule has 136 valence electrons. The van der Waals surface area contributed by atoms with E-state index >= 15 is 0 Å². The predicted molar refractivity (Wildman–Crippen MR) is 89.0 cm³/mol. The molecule has 1 aromatic carbocycles. The fourth-order valence-electron chi connectivity index (χ4n) is 3.14. The van der Waals surface area contributed by atoms with Gasteiger partial charge in [0.2, 0.25) is 0 Å². The number of nitro groups is 1. The van der Waals surface area contributed by atoms with Gasteiger partial charge >= 0.3 is 12.1 Å². The number of nitrogens with zero attached hydrogens (tertiary/aromatic N) is 2. The largest absolute Gasteiger partial charge is 0.481 e. The third-order valence-electron chi connectivity index (χ3n) is 4.63. The van der Waals surface area contributed by atoms with Gasteiger partial charge in [-0.05, 0) is 42.9 Å². The minimum atomic E-state index is -0.776. The van der Waals surface area contributed by atoms with Crippen molar-refractivity contribution in [3.05, 3.63) is 39.9 Å². The second-order valence-corrected chi connectivity index (χ2v) is 6.16. The summed E-state index contributed by atoms with van der Waals surface area (Å²) in [7, 11) is 0. The number of likely N-dealkylation sites (tertiary alicyclic amines) is 1. The maximum atomic E-state index is 12.1. The van der Waals surface area contributed by atoms with E-state index in [9.17, 15) is 24.8 Å². The van der Waals surface area contributed by atoms with Gasteiger partial charge in [-0.1, -0.05) is 6.92 Å². The number of piperidine rings is 1. The number of amides is 1. The second-order valence-electron chi connectivity index (χ2n) is 6.16. The third-order valence-corrected chi connectivity index (χ3v) is 4.63. The van der Waals surface area contributed by atoms with E-state index in [-0.39, 0.29) is 24.1 Å². The Hall–Kier alpha value is -2.64. The molecule has 1 saturated heterocycles. The summed E-state index contributed by atoms with van der Waals surface area (Å²) in [6, 6.07) is 5.84. The molecule has 0 aromatic heterocycles. The molecule has 0 aliphatic carbocycles. The lowest BCUT2D eigenvalue weighted by Gasteiger charge is -2.33. The molecule has 1 aliphatic rings. The highest BCUT2D eigenvalue weighted by molar-refractivity contribution is 5.70. The molecule has 0 saturated carbocycles. The van der Waals surface area contributed by atoms with Gasteiger partial charge in [0.1, 0.15) is 6.61 Å². The van der Waals surface area contributed by atoms with E-state index in [1.54, 1.807) is 17.0 Å². The molecule has 1 aliphatic heterocycles. The topological polar surface area (TPSA) is 110 Å². The highest BCUT2D eigenvalue weighted by Crippen LogP contribution is 2.28. The van der Waals surface area contributed by atoms with Gasteiger partial charge in [-0.2, -0.15) is 0 Å². The van der Waals surface area contributed by atoms with Gasteiger partial charge in [0.05, 0.1) is 10.8 Å². The molecule has 1 amide bonds. The molecule has 25 heavy (non-hydrogen) atoms. The highest BCUT2D eigenvalue weighted by Gasteiger charge is 2.31. The Kier molecular flexibility index (Phi) is 6.32. The van der Waals surface area contributed by atoms with Gasteiger partial charge in [-0.3, -0.25) is 14.9 Å². The summed E-state index contributed by atoms with van der Waals surface area (Å²) in [5, 5.41) is 19.8. The first-order chi connectivity index (χ1) is 11.9. The van der Waals surface area contributed by atoms with Crippen molar-refractivity contribution in [3.8, 4) is 0 Å². The molecule has 1 aromatic rings. The van der Waals surface area contributed by atoms with Crippen LogP contribution in [0.25, 0.3) is 0 Å². The lowest BCUT2D eigenvalue weighted by molar-refractivity contribution is -0.384. The Balaban J connectivity index is 1.80. The molecule has 1 fully saturated rings. The number of hydrogen-bond acceptors (Lipinski definition) is 5. The van der Waals surface area contributed by atoms with Crippen molar-refractivity contribution in [1.82, 2.24) is 4.90 Å². The van der Waals surface area contributed by atoms with Crippen molar-refractivity contribution in [2.45, 2.75) is 32.8 Å². The van der Waals surface area contributed by atoms with Crippen molar-refractivity contribution >= 4 is 17.7 Å². The van der Waals surface area contributed by atoms with E-state index in [0.29, 0.717) is 37.9 Å². The normalized spacial score (nSPS) is 16.3. The maximum Gasteiger partial charge on any atom is 0.410 e. The number of nitro benzene ring substituents is 1. The lowest BCUT2D eigenvalue weighted by Crippen LogP contribution is -2.41. The van der Waals surface area contributed by atoms with Crippen LogP contribution in [0.3, 0.4) is 0 Å². The zero-order chi connectivity index (χ0) is 18.4. The van der Waals surface area contributed by atoms with Crippen LogP contribution in [0.5, 0.6) is 0 Å². The van der Waals surface area contributed by atoms with Crippen LogP contribution in [0.4, 0.5) is 10.5 Å². The summed E-state index contributed by atoms with van der Waals surface area (Å²) in [5.41, 5.74) is 0.659. The Labute approximate surface area is 145 Å². The van der Waals surface area contributed by atoms with Gasteiger partial charge < -0.3 is 14.7 Å². The van der Waals surface area contributed by atoms with Crippen molar-refractivity contribution < 1.29 is 24.4 Å². The number of hydrogen-bond donors (Lipinski definition) is 1. The van der Waals surface area contributed by atoms with E-state index in [2.05, 4.69) is 0 Å². The molecule has 1 N–H and O–H groups in total. The summed E-state index contributed by atoms with van der Waals surface area (Å²) in [6.07, 6.45) is 1.44. The predicted octanol–water partition coefficient (Wildman–Crippen LogP) is 3.05. The fourth-order valence-corrected chi connectivity index (χ4v) is 3.14. The highest BCUT2D eigenvalue weighted by atomic mass is 16.6. The zero-order valence-corrected chi connectivity index (χ0v) is 14.1. The summed E-state index contributed by atoms with van der Waals surface area (Å²) < 4.78 is 5.24.